The van der Waals surface area contributed by atoms with E-state index in [9.17, 15) is 4.79 Å². The Bertz CT molecular complexity index is 424. The molecule has 1 heterocycles. The molecule has 1 aromatic rings. The lowest BCUT2D eigenvalue weighted by molar-refractivity contribution is -0.153. The van der Waals surface area contributed by atoms with Crippen LogP contribution in [0.15, 0.2) is 16.5 Å². The van der Waals surface area contributed by atoms with Crippen molar-refractivity contribution in [3.63, 3.8) is 0 Å². The lowest BCUT2D eigenvalue weighted by Crippen LogP contribution is -2.31. The summed E-state index contributed by atoms with van der Waals surface area (Å²) in [6.07, 6.45) is 0. The highest BCUT2D eigenvalue weighted by Crippen LogP contribution is 2.07. The van der Waals surface area contributed by atoms with Crippen LogP contribution in [0.2, 0.25) is 0 Å². The molecule has 0 saturated carbocycles. The normalized spacial score (nSPS) is 10.9. The lowest BCUT2D eigenvalue weighted by Gasteiger charge is -2.19. The van der Waals surface area contributed by atoms with Gasteiger partial charge in [-0.15, -0.1) is 0 Å². The van der Waals surface area contributed by atoms with Gasteiger partial charge in [0, 0.05) is 0 Å². The first-order chi connectivity index (χ1) is 7.90. The van der Waals surface area contributed by atoms with Gasteiger partial charge >= 0.3 is 5.97 Å². The first-order valence-corrected chi connectivity index (χ1v) is 5.32. The van der Waals surface area contributed by atoms with Crippen LogP contribution in [0.25, 0.3) is 0 Å². The van der Waals surface area contributed by atoms with Crippen molar-refractivity contribution in [2.75, 3.05) is 6.54 Å². The van der Waals surface area contributed by atoms with Crippen molar-refractivity contribution >= 4 is 5.97 Å². The molecular formula is C12H16N2O3. The zero-order valence-electron chi connectivity index (χ0n) is 10.2. The molecule has 0 spiro atoms. The minimum absolute atomic E-state index is 0.111. The average Bonchev–Trinajstić information content (AvgIpc) is 2.63. The van der Waals surface area contributed by atoms with E-state index in [-0.39, 0.29) is 18.3 Å². The summed E-state index contributed by atoms with van der Waals surface area (Å²) in [7, 11) is 0. The molecule has 17 heavy (non-hydrogen) atoms. The van der Waals surface area contributed by atoms with Gasteiger partial charge < -0.3 is 9.15 Å². The molecule has 0 fully saturated rings. The Balaban J connectivity index is 2.29. The number of furan rings is 1. The summed E-state index contributed by atoms with van der Waals surface area (Å²) < 4.78 is 10.3. The van der Waals surface area contributed by atoms with Gasteiger partial charge in [0.1, 0.15) is 17.4 Å². The zero-order chi connectivity index (χ0) is 12.9. The minimum atomic E-state index is -0.475. The molecule has 1 rings (SSSR count). The van der Waals surface area contributed by atoms with E-state index in [1.807, 2.05) is 26.8 Å². The maximum atomic E-state index is 11.3. The van der Waals surface area contributed by atoms with Crippen LogP contribution in [0.3, 0.4) is 0 Å². The van der Waals surface area contributed by atoms with Crippen molar-refractivity contribution in [2.24, 2.45) is 0 Å². The van der Waals surface area contributed by atoms with E-state index in [0.717, 1.165) is 0 Å². The number of hydrogen-bond donors (Lipinski definition) is 1. The van der Waals surface area contributed by atoms with E-state index in [1.54, 1.807) is 12.1 Å². The summed E-state index contributed by atoms with van der Waals surface area (Å²) in [6, 6.07) is 5.17. The predicted molar refractivity (Wildman–Crippen MR) is 61.0 cm³/mol. The number of carbonyl (C=O) groups excluding carboxylic acids is 1. The Kier molecular flexibility index (Phi) is 4.30. The Hall–Kier alpha value is -1.80. The van der Waals surface area contributed by atoms with Crippen molar-refractivity contribution in [3.05, 3.63) is 23.7 Å². The van der Waals surface area contributed by atoms with Crippen LogP contribution in [0.4, 0.5) is 0 Å². The first-order valence-electron chi connectivity index (χ1n) is 5.32. The molecule has 0 aromatic carbocycles. The molecule has 5 nitrogen and oxygen atoms in total. The molecule has 0 aliphatic carbocycles. The van der Waals surface area contributed by atoms with E-state index in [1.165, 1.54) is 0 Å². The van der Waals surface area contributed by atoms with Gasteiger partial charge in [-0.1, -0.05) is 0 Å². The van der Waals surface area contributed by atoms with Crippen molar-refractivity contribution in [1.29, 1.82) is 5.26 Å². The third kappa shape index (κ3) is 5.18. The van der Waals surface area contributed by atoms with Crippen molar-refractivity contribution in [1.82, 2.24) is 5.32 Å². The second-order valence-electron chi connectivity index (χ2n) is 4.57. The zero-order valence-corrected chi connectivity index (χ0v) is 10.2. The number of hydrogen-bond acceptors (Lipinski definition) is 5. The highest BCUT2D eigenvalue weighted by Gasteiger charge is 2.15. The summed E-state index contributed by atoms with van der Waals surface area (Å²) in [4.78, 5) is 11.3. The highest BCUT2D eigenvalue weighted by atomic mass is 16.6. The first kappa shape index (κ1) is 13.3. The van der Waals surface area contributed by atoms with Crippen LogP contribution in [-0.2, 0) is 16.1 Å². The highest BCUT2D eigenvalue weighted by molar-refractivity contribution is 5.72. The van der Waals surface area contributed by atoms with E-state index < -0.39 is 5.60 Å². The molecule has 0 radical (unpaired) electrons. The molecule has 0 aliphatic heterocycles. The fraction of sp³-hybridized carbons (Fsp3) is 0.500. The standard InChI is InChI=1S/C12H16N2O3/c1-12(2,3)17-11(15)8-14-7-10-5-4-9(6-13)16-10/h4-5,14H,7-8H2,1-3H3. The third-order valence-electron chi connectivity index (χ3n) is 1.76. The van der Waals surface area contributed by atoms with Gasteiger partial charge in [0.25, 0.3) is 0 Å². The molecule has 0 amide bonds. The molecule has 0 saturated heterocycles. The van der Waals surface area contributed by atoms with Crippen LogP contribution in [-0.4, -0.2) is 18.1 Å². The summed E-state index contributed by atoms with van der Waals surface area (Å²) in [5, 5.41) is 11.4. The van der Waals surface area contributed by atoms with Gasteiger partial charge in [-0.3, -0.25) is 10.1 Å². The smallest absolute Gasteiger partial charge is 0.320 e. The van der Waals surface area contributed by atoms with Crippen LogP contribution in [0.5, 0.6) is 0 Å². The monoisotopic (exact) mass is 236 g/mol. The molecule has 0 atom stereocenters. The van der Waals surface area contributed by atoms with Crippen LogP contribution in [0, 0.1) is 11.3 Å². The summed E-state index contributed by atoms with van der Waals surface area (Å²) in [5.41, 5.74) is -0.475. The quantitative estimate of drug-likeness (QED) is 0.803. The number of esters is 1. The molecule has 1 N–H and O–H groups in total. The van der Waals surface area contributed by atoms with Gasteiger partial charge in [-0.05, 0) is 32.9 Å². The maximum absolute atomic E-state index is 11.3. The third-order valence-corrected chi connectivity index (χ3v) is 1.76. The number of nitriles is 1. The number of ether oxygens (including phenoxy) is 1. The van der Waals surface area contributed by atoms with Crippen LogP contribution >= 0.6 is 0 Å². The van der Waals surface area contributed by atoms with E-state index in [0.29, 0.717) is 12.3 Å². The Morgan fingerprint density at radius 1 is 1.53 bits per heavy atom. The summed E-state index contributed by atoms with van der Waals surface area (Å²) >= 11 is 0. The minimum Gasteiger partial charge on any atom is -0.459 e. The predicted octanol–water partition coefficient (Wildman–Crippen LogP) is 1.58. The van der Waals surface area contributed by atoms with Gasteiger partial charge in [0.15, 0.2) is 0 Å². The second-order valence-corrected chi connectivity index (χ2v) is 4.57. The molecule has 0 unspecified atom stereocenters. The molecule has 0 aliphatic rings. The van der Waals surface area contributed by atoms with E-state index >= 15 is 0 Å². The van der Waals surface area contributed by atoms with Gasteiger partial charge in [-0.25, -0.2) is 0 Å². The largest absolute Gasteiger partial charge is 0.459 e. The maximum Gasteiger partial charge on any atom is 0.320 e. The number of rotatable bonds is 4. The fourth-order valence-corrected chi connectivity index (χ4v) is 1.20. The molecule has 5 heteroatoms. The van der Waals surface area contributed by atoms with Gasteiger partial charge in [0.2, 0.25) is 5.76 Å². The lowest BCUT2D eigenvalue weighted by atomic mass is 10.2. The molecule has 92 valence electrons. The van der Waals surface area contributed by atoms with Crippen molar-refractivity contribution in [2.45, 2.75) is 32.9 Å². The Morgan fingerprint density at radius 2 is 2.24 bits per heavy atom. The Morgan fingerprint density at radius 3 is 2.76 bits per heavy atom. The van der Waals surface area contributed by atoms with E-state index in [4.69, 9.17) is 14.4 Å². The molecule has 0 bridgehead atoms. The van der Waals surface area contributed by atoms with Crippen molar-refractivity contribution < 1.29 is 13.9 Å². The number of nitrogens with zero attached hydrogens (tertiary/aromatic N) is 1. The van der Waals surface area contributed by atoms with Crippen molar-refractivity contribution in [3.8, 4) is 6.07 Å². The number of nitrogens with one attached hydrogen (secondary N) is 1. The average molecular weight is 236 g/mol. The Labute approximate surface area is 100 Å². The summed E-state index contributed by atoms with van der Waals surface area (Å²) in [6.45, 7) is 5.95. The second kappa shape index (κ2) is 5.51. The molecule has 1 aromatic heterocycles. The van der Waals surface area contributed by atoms with Gasteiger partial charge in [-0.2, -0.15) is 5.26 Å². The van der Waals surface area contributed by atoms with Gasteiger partial charge in [0.05, 0.1) is 13.1 Å². The van der Waals surface area contributed by atoms with Crippen LogP contribution < -0.4 is 5.32 Å². The number of carbonyl (C=O) groups is 1. The topological polar surface area (TPSA) is 75.3 Å². The molecular weight excluding hydrogens is 220 g/mol. The van der Waals surface area contributed by atoms with E-state index in [2.05, 4.69) is 5.32 Å². The fourth-order valence-electron chi connectivity index (χ4n) is 1.20. The van der Waals surface area contributed by atoms with Crippen LogP contribution in [0.1, 0.15) is 32.3 Å². The summed E-state index contributed by atoms with van der Waals surface area (Å²) in [5.74, 6) is 0.564. The SMILES string of the molecule is CC(C)(C)OC(=O)CNCc1ccc(C#N)o1.